The molecule has 1 atom stereocenters. The maximum atomic E-state index is 14.3. The van der Waals surface area contributed by atoms with Crippen LogP contribution in [0.5, 0.6) is 0 Å². The molecule has 1 fully saturated rings. The fourth-order valence-electron chi connectivity index (χ4n) is 2.69. The molecular weight excluding hydrogens is 253 g/mol. The van der Waals surface area contributed by atoms with Gasteiger partial charge < -0.3 is 10.2 Å². The van der Waals surface area contributed by atoms with E-state index in [0.29, 0.717) is 6.04 Å². The molecule has 1 heterocycles. The summed E-state index contributed by atoms with van der Waals surface area (Å²) in [5, 5.41) is 3.14. The van der Waals surface area contributed by atoms with E-state index in [1.807, 2.05) is 26.1 Å². The first-order valence-electron chi connectivity index (χ1n) is 7.48. The van der Waals surface area contributed by atoms with E-state index in [2.05, 4.69) is 29.0 Å². The van der Waals surface area contributed by atoms with Gasteiger partial charge >= 0.3 is 0 Å². The van der Waals surface area contributed by atoms with Gasteiger partial charge in [0.15, 0.2) is 0 Å². The second kappa shape index (κ2) is 6.55. The van der Waals surface area contributed by atoms with Crippen molar-refractivity contribution in [2.75, 3.05) is 38.1 Å². The average molecular weight is 279 g/mol. The Morgan fingerprint density at radius 3 is 2.25 bits per heavy atom. The van der Waals surface area contributed by atoms with Crippen LogP contribution in [-0.4, -0.2) is 44.2 Å². The van der Waals surface area contributed by atoms with E-state index in [1.54, 1.807) is 6.07 Å². The fraction of sp³-hybridized carbons (Fsp3) is 0.625. The molecule has 112 valence electrons. The average Bonchev–Trinajstić information content (AvgIpc) is 2.46. The molecule has 1 aromatic rings. The molecule has 4 heteroatoms. The zero-order valence-corrected chi connectivity index (χ0v) is 13.0. The highest BCUT2D eigenvalue weighted by Gasteiger charge is 2.21. The molecule has 1 N–H and O–H groups in total. The van der Waals surface area contributed by atoms with E-state index < -0.39 is 0 Å². The zero-order chi connectivity index (χ0) is 14.7. The van der Waals surface area contributed by atoms with Crippen molar-refractivity contribution in [2.45, 2.75) is 32.9 Å². The molecule has 2 rings (SSSR count). The Labute approximate surface area is 121 Å². The van der Waals surface area contributed by atoms with Gasteiger partial charge in [-0.15, -0.1) is 0 Å². The van der Waals surface area contributed by atoms with Crippen LogP contribution in [0.4, 0.5) is 10.1 Å². The van der Waals surface area contributed by atoms with Gasteiger partial charge in [0.1, 0.15) is 5.82 Å². The Morgan fingerprint density at radius 2 is 1.75 bits per heavy atom. The second-order valence-electron chi connectivity index (χ2n) is 5.84. The lowest BCUT2D eigenvalue weighted by molar-refractivity contribution is 0.209. The summed E-state index contributed by atoms with van der Waals surface area (Å²) < 4.78 is 14.3. The Kier molecular flexibility index (Phi) is 5.00. The molecular formula is C16H26FN3. The molecule has 0 saturated carbocycles. The van der Waals surface area contributed by atoms with Gasteiger partial charge in [-0.25, -0.2) is 4.39 Å². The lowest BCUT2D eigenvalue weighted by atomic mass is 10.1. The minimum atomic E-state index is -0.109. The van der Waals surface area contributed by atoms with Gasteiger partial charge in [0.2, 0.25) is 0 Å². The molecule has 1 saturated heterocycles. The van der Waals surface area contributed by atoms with E-state index in [0.717, 1.165) is 37.4 Å². The summed E-state index contributed by atoms with van der Waals surface area (Å²) in [6.07, 6.45) is 0. The molecule has 1 unspecified atom stereocenters. The van der Waals surface area contributed by atoms with Crippen LogP contribution in [0, 0.1) is 5.82 Å². The quantitative estimate of drug-likeness (QED) is 0.914. The molecule has 0 aliphatic carbocycles. The number of benzene rings is 1. The first-order valence-corrected chi connectivity index (χ1v) is 7.48. The summed E-state index contributed by atoms with van der Waals surface area (Å²) >= 11 is 0. The van der Waals surface area contributed by atoms with E-state index in [9.17, 15) is 4.39 Å². The van der Waals surface area contributed by atoms with E-state index in [-0.39, 0.29) is 11.9 Å². The predicted octanol–water partition coefficient (Wildman–Crippen LogP) is 2.64. The number of nitrogens with zero attached hydrogens (tertiary/aromatic N) is 2. The number of hydrogen-bond acceptors (Lipinski definition) is 3. The summed E-state index contributed by atoms with van der Waals surface area (Å²) in [5.41, 5.74) is 1.73. The number of rotatable bonds is 4. The van der Waals surface area contributed by atoms with Crippen LogP contribution >= 0.6 is 0 Å². The normalized spacial score (nSPS) is 18.6. The van der Waals surface area contributed by atoms with Gasteiger partial charge in [0, 0.05) is 38.3 Å². The monoisotopic (exact) mass is 279 g/mol. The third-order valence-corrected chi connectivity index (χ3v) is 4.29. The first-order chi connectivity index (χ1) is 9.52. The number of hydrogen-bond donors (Lipinski definition) is 1. The summed E-state index contributed by atoms with van der Waals surface area (Å²) in [4.78, 5) is 4.59. The number of halogens is 1. The molecule has 0 amide bonds. The van der Waals surface area contributed by atoms with Crippen molar-refractivity contribution in [3.8, 4) is 0 Å². The number of nitrogens with one attached hydrogen (secondary N) is 1. The maximum Gasteiger partial charge on any atom is 0.146 e. The Morgan fingerprint density at radius 1 is 1.10 bits per heavy atom. The minimum Gasteiger partial charge on any atom is -0.367 e. The predicted molar refractivity (Wildman–Crippen MR) is 82.8 cm³/mol. The van der Waals surface area contributed by atoms with Gasteiger partial charge in [-0.1, -0.05) is 6.07 Å². The molecule has 0 spiro atoms. The highest BCUT2D eigenvalue weighted by Crippen LogP contribution is 2.24. The van der Waals surface area contributed by atoms with Crippen LogP contribution in [0.25, 0.3) is 0 Å². The van der Waals surface area contributed by atoms with Crippen molar-refractivity contribution in [2.24, 2.45) is 0 Å². The van der Waals surface area contributed by atoms with Crippen molar-refractivity contribution >= 4 is 5.69 Å². The van der Waals surface area contributed by atoms with Crippen molar-refractivity contribution in [1.82, 2.24) is 10.2 Å². The summed E-state index contributed by atoms with van der Waals surface area (Å²) in [6.45, 7) is 10.3. The number of piperazine rings is 1. The second-order valence-corrected chi connectivity index (χ2v) is 5.84. The van der Waals surface area contributed by atoms with Crippen molar-refractivity contribution < 1.29 is 4.39 Å². The molecule has 3 nitrogen and oxygen atoms in total. The van der Waals surface area contributed by atoms with Gasteiger partial charge in [-0.2, -0.15) is 0 Å². The highest BCUT2D eigenvalue weighted by molar-refractivity contribution is 5.50. The van der Waals surface area contributed by atoms with Crippen molar-refractivity contribution in [3.05, 3.63) is 29.6 Å². The number of anilines is 1. The highest BCUT2D eigenvalue weighted by atomic mass is 19.1. The molecule has 1 aliphatic rings. The Bertz CT molecular complexity index is 439. The molecule has 20 heavy (non-hydrogen) atoms. The molecule has 0 radical (unpaired) electrons. The topological polar surface area (TPSA) is 18.5 Å². The van der Waals surface area contributed by atoms with E-state index >= 15 is 0 Å². The SMILES string of the molecule is CNC(C)c1ccc(N2CCN(C(C)C)CC2)c(F)c1. The lowest BCUT2D eigenvalue weighted by Crippen LogP contribution is -2.49. The minimum absolute atomic E-state index is 0.109. The van der Waals surface area contributed by atoms with Crippen LogP contribution in [0.15, 0.2) is 18.2 Å². The summed E-state index contributed by atoms with van der Waals surface area (Å²) in [7, 11) is 1.89. The molecule has 0 bridgehead atoms. The standard InChI is InChI=1S/C16H26FN3/c1-12(2)19-7-9-20(10-8-19)16-6-5-14(11-15(16)17)13(3)18-4/h5-6,11-13,18H,7-10H2,1-4H3. The largest absolute Gasteiger partial charge is 0.367 e. The Hall–Kier alpha value is -1.13. The maximum absolute atomic E-state index is 14.3. The lowest BCUT2D eigenvalue weighted by Gasteiger charge is -2.38. The molecule has 0 aromatic heterocycles. The van der Waals surface area contributed by atoms with E-state index in [1.165, 1.54) is 0 Å². The van der Waals surface area contributed by atoms with Crippen LogP contribution < -0.4 is 10.2 Å². The zero-order valence-electron chi connectivity index (χ0n) is 13.0. The molecule has 1 aliphatic heterocycles. The Balaban J connectivity index is 2.07. The van der Waals surface area contributed by atoms with Crippen LogP contribution in [0.2, 0.25) is 0 Å². The summed E-state index contributed by atoms with van der Waals surface area (Å²) in [5.74, 6) is -0.109. The molecule has 1 aromatic carbocycles. The van der Waals surface area contributed by atoms with Crippen molar-refractivity contribution in [1.29, 1.82) is 0 Å². The van der Waals surface area contributed by atoms with Gasteiger partial charge in [0.05, 0.1) is 5.69 Å². The van der Waals surface area contributed by atoms with Gasteiger partial charge in [-0.3, -0.25) is 4.90 Å². The third kappa shape index (κ3) is 3.30. The first kappa shape index (κ1) is 15.3. The smallest absolute Gasteiger partial charge is 0.146 e. The van der Waals surface area contributed by atoms with Crippen LogP contribution in [0.3, 0.4) is 0 Å². The van der Waals surface area contributed by atoms with E-state index in [4.69, 9.17) is 0 Å². The fourth-order valence-corrected chi connectivity index (χ4v) is 2.69. The van der Waals surface area contributed by atoms with Crippen molar-refractivity contribution in [3.63, 3.8) is 0 Å². The van der Waals surface area contributed by atoms with Crippen LogP contribution in [0.1, 0.15) is 32.4 Å². The van der Waals surface area contributed by atoms with Gasteiger partial charge in [0.25, 0.3) is 0 Å². The van der Waals surface area contributed by atoms with Gasteiger partial charge in [-0.05, 0) is 45.5 Å². The summed E-state index contributed by atoms with van der Waals surface area (Å²) in [6, 6.07) is 6.35. The third-order valence-electron chi connectivity index (χ3n) is 4.29. The van der Waals surface area contributed by atoms with Crippen LogP contribution in [-0.2, 0) is 0 Å².